The smallest absolute Gasteiger partial charge is 0.308 e. The lowest BCUT2D eigenvalue weighted by Crippen LogP contribution is -2.32. The Kier molecular flexibility index (Phi) is 23.8. The van der Waals surface area contributed by atoms with Crippen LogP contribution >= 0.6 is 11.3 Å². The third-order valence-electron chi connectivity index (χ3n) is 18.5. The Balaban J connectivity index is 0.000000135. The highest BCUT2D eigenvalue weighted by molar-refractivity contribution is 7.91. The zero-order valence-electron chi connectivity index (χ0n) is 61.3. The molecule has 1 amide bonds. The van der Waals surface area contributed by atoms with Gasteiger partial charge in [0.15, 0.2) is 19.7 Å². The van der Waals surface area contributed by atoms with Gasteiger partial charge in [0.25, 0.3) is 5.91 Å². The monoisotopic (exact) mass is 1610 g/mol. The van der Waals surface area contributed by atoms with E-state index >= 15 is 4.39 Å². The van der Waals surface area contributed by atoms with Gasteiger partial charge >= 0.3 is 4.87 Å². The van der Waals surface area contributed by atoms with E-state index in [1.807, 2.05) is 105 Å². The number of carbonyl (C=O) groups excluding carboxylic acids is 1. The molecule has 113 heavy (non-hydrogen) atoms. The molecule has 0 spiro atoms. The van der Waals surface area contributed by atoms with Crippen LogP contribution in [0, 0.1) is 34.9 Å². The number of benzene rings is 8. The summed E-state index contributed by atoms with van der Waals surface area (Å²) in [5, 5.41) is 21.6. The molecule has 1 unspecified atom stereocenters. The standard InChI is InChI=1S/C27H22F3N5O3S.C19H18FN3OS.C18H18FN3O2S.C18H14FN3OS/c1-34-14-19(13-33-34)17-5-6-18(21(29)10-17)15-35-16-25(26-22(30)11-20(28)12-24(26)35)39(37,38)9-8-32-27(36)23-4-2-3-7-31-23;1-22-12-16(11-21-22)14-6-7-15(17(20)10-14)13-23-8-9-25(24)19-5-3-2-4-18(19)23;1-22-12-15(11-21-22)13-7-8-14(16(19)9-13)10-20-17-5-3-4-6-18(17)25(2,23)24;1-21-10-14(9-20-21)12-6-7-13(15(19)8-12)11-22-16-4-2-3-5-17(16)24-18(22)23/h2-7,10-14,16H,8-9,15H2,1H3,(H,32,36);2-7,10-12H,8-9,13H2,1H3;3-9,11-12,20H,10H2,1-2H3;2-10H,11H2,1H3. The van der Waals surface area contributed by atoms with Gasteiger partial charge in [-0.1, -0.05) is 102 Å². The Morgan fingerprint density at radius 3 is 1.56 bits per heavy atom. The van der Waals surface area contributed by atoms with Gasteiger partial charge in [-0.25, -0.2) is 43.2 Å². The predicted octanol–water partition coefficient (Wildman–Crippen LogP) is 14.4. The highest BCUT2D eigenvalue weighted by Gasteiger charge is 2.27. The maximum Gasteiger partial charge on any atom is 0.308 e. The second-order valence-corrected chi connectivity index (χ2v) is 33.1. The van der Waals surface area contributed by atoms with Crippen molar-refractivity contribution in [2.45, 2.75) is 40.9 Å². The van der Waals surface area contributed by atoms with E-state index in [2.05, 4.69) is 40.9 Å². The molecule has 15 aromatic rings. The fourth-order valence-electron chi connectivity index (χ4n) is 12.7. The number of nitrogens with one attached hydrogen (secondary N) is 2. The minimum Gasteiger partial charge on any atom is -0.380 e. The Morgan fingerprint density at radius 2 is 1.03 bits per heavy atom. The first-order valence-electron chi connectivity index (χ1n) is 35.0. The number of thiazole rings is 1. The van der Waals surface area contributed by atoms with Crippen LogP contribution in [0.5, 0.6) is 0 Å². The van der Waals surface area contributed by atoms with E-state index in [1.165, 1.54) is 58.5 Å². The molecule has 0 aliphatic carbocycles. The van der Waals surface area contributed by atoms with Crippen LogP contribution in [-0.2, 0) is 84.8 Å². The Hall–Kier alpha value is -12.3. The number of para-hydroxylation sites is 3. The topological polar surface area (TPSA) is 241 Å². The number of halogens is 6. The van der Waals surface area contributed by atoms with Crippen molar-refractivity contribution in [2.24, 2.45) is 28.2 Å². The largest absolute Gasteiger partial charge is 0.380 e. The molecule has 16 rings (SSSR count). The molecule has 2 N–H and O–H groups in total. The number of anilines is 2. The van der Waals surface area contributed by atoms with E-state index in [1.54, 1.807) is 123 Å². The Bertz CT molecular complexity index is 6360. The summed E-state index contributed by atoms with van der Waals surface area (Å²) in [7, 11) is -1.26. The quantitative estimate of drug-likeness (QED) is 0.0716. The van der Waals surface area contributed by atoms with Crippen LogP contribution < -0.4 is 20.4 Å². The van der Waals surface area contributed by atoms with Crippen LogP contribution in [0.25, 0.3) is 65.6 Å². The van der Waals surface area contributed by atoms with Crippen molar-refractivity contribution in [3.8, 4) is 44.5 Å². The minimum absolute atomic E-state index is 0.0423. The van der Waals surface area contributed by atoms with Gasteiger partial charge in [0, 0.05) is 154 Å². The molecule has 21 nitrogen and oxygen atoms in total. The van der Waals surface area contributed by atoms with Crippen LogP contribution in [0.2, 0.25) is 0 Å². The number of aromatic nitrogens is 11. The Labute approximate surface area is 652 Å². The summed E-state index contributed by atoms with van der Waals surface area (Å²) in [4.78, 5) is 31.0. The first-order valence-corrected chi connectivity index (χ1v) is 40.7. The molecule has 578 valence electrons. The number of sulfone groups is 2. The second kappa shape index (κ2) is 34.1. The lowest BCUT2D eigenvalue weighted by atomic mass is 10.1. The van der Waals surface area contributed by atoms with Gasteiger partial charge in [-0.05, 0) is 101 Å². The molecule has 8 heterocycles. The first kappa shape index (κ1) is 78.8. The molecule has 0 bridgehead atoms. The summed E-state index contributed by atoms with van der Waals surface area (Å²) in [6, 6.07) is 48.0. The van der Waals surface area contributed by atoms with Crippen molar-refractivity contribution in [1.82, 2.24) is 58.6 Å². The van der Waals surface area contributed by atoms with Gasteiger partial charge in [-0.3, -0.25) is 42.1 Å². The van der Waals surface area contributed by atoms with Crippen LogP contribution in [-0.4, -0.2) is 111 Å². The Morgan fingerprint density at radius 1 is 0.522 bits per heavy atom. The number of aryl methyl sites for hydroxylation is 4. The maximum atomic E-state index is 15.1. The summed E-state index contributed by atoms with van der Waals surface area (Å²) in [5.74, 6) is -3.98. The lowest BCUT2D eigenvalue weighted by molar-refractivity contribution is 0.0951. The summed E-state index contributed by atoms with van der Waals surface area (Å²) < 4.78 is 160. The summed E-state index contributed by atoms with van der Waals surface area (Å²) in [5.41, 5.74) is 10.3. The average molecular weight is 1610 g/mol. The molecule has 8 aromatic carbocycles. The van der Waals surface area contributed by atoms with Gasteiger partial charge < -0.3 is 20.1 Å². The number of fused-ring (bicyclic) bond motifs is 3. The van der Waals surface area contributed by atoms with E-state index in [9.17, 15) is 52.6 Å². The number of carbonyl (C=O) groups is 1. The fourth-order valence-corrected chi connectivity index (χ4v) is 17.1. The number of pyridine rings is 1. The number of hydrogen-bond acceptors (Lipinski definition) is 15. The fraction of sp³-hybridized carbons (Fsp3) is 0.159. The third kappa shape index (κ3) is 18.7. The summed E-state index contributed by atoms with van der Waals surface area (Å²) in [6.07, 6.45) is 17.7. The van der Waals surface area contributed by atoms with E-state index in [0.717, 1.165) is 72.7 Å². The first-order chi connectivity index (χ1) is 54.2. The van der Waals surface area contributed by atoms with Crippen LogP contribution in [0.3, 0.4) is 0 Å². The summed E-state index contributed by atoms with van der Waals surface area (Å²) >= 11 is 1.18. The average Bonchev–Trinajstić information content (AvgIpc) is 1.61. The minimum atomic E-state index is -4.14. The molecule has 1 atom stereocenters. The molecule has 7 aromatic heterocycles. The third-order valence-corrected chi connectivity index (χ3v) is 23.7. The SMILES string of the molecule is Cn1cc(-c2ccc(CN3CCS(=O)c4ccccc43)c(F)c2)cn1.Cn1cc(-c2ccc(CNc3ccccc3S(C)(=O)=O)c(F)c2)cn1.Cn1cc(-c2ccc(Cn3c(=O)sc4ccccc43)c(F)c2)cn1.Cn1cc(-c2ccc(Cn3cc(S(=O)(=O)CCNC(=O)c4ccccn4)c4c(F)cc(F)cc43)c(F)c2)cn1. The van der Waals surface area contributed by atoms with Gasteiger partial charge in [-0.15, -0.1) is 0 Å². The zero-order valence-corrected chi connectivity index (χ0v) is 64.6. The highest BCUT2D eigenvalue weighted by atomic mass is 32.2. The maximum absolute atomic E-state index is 15.1. The van der Waals surface area contributed by atoms with Gasteiger partial charge in [0.05, 0.1) is 102 Å². The van der Waals surface area contributed by atoms with E-state index < -0.39 is 59.6 Å². The van der Waals surface area contributed by atoms with Gasteiger partial charge in [0.1, 0.15) is 40.6 Å². The molecular weight excluding hydrogens is 1540 g/mol. The van der Waals surface area contributed by atoms with Crippen molar-refractivity contribution >= 4 is 80.2 Å². The van der Waals surface area contributed by atoms with Crippen LogP contribution in [0.15, 0.2) is 257 Å². The molecule has 0 saturated heterocycles. The lowest BCUT2D eigenvalue weighted by Gasteiger charge is -2.30. The molecule has 1 aliphatic heterocycles. The molecule has 31 heteroatoms. The van der Waals surface area contributed by atoms with E-state index in [4.69, 9.17) is 0 Å². The van der Waals surface area contributed by atoms with Gasteiger partial charge in [0.2, 0.25) is 0 Å². The molecule has 0 saturated carbocycles. The van der Waals surface area contributed by atoms with Crippen molar-refractivity contribution in [2.75, 3.05) is 41.1 Å². The van der Waals surface area contributed by atoms with Crippen molar-refractivity contribution in [3.63, 3.8) is 0 Å². The van der Waals surface area contributed by atoms with Crippen LogP contribution in [0.4, 0.5) is 37.7 Å². The van der Waals surface area contributed by atoms with Crippen molar-refractivity contribution in [1.29, 1.82) is 0 Å². The number of nitrogens with zero attached hydrogens (tertiary/aromatic N) is 12. The molecule has 0 fully saturated rings. The van der Waals surface area contributed by atoms with Crippen molar-refractivity contribution < 1.29 is 52.2 Å². The van der Waals surface area contributed by atoms with E-state index in [-0.39, 0.29) is 80.5 Å². The van der Waals surface area contributed by atoms with Crippen molar-refractivity contribution in [3.05, 3.63) is 310 Å². The summed E-state index contributed by atoms with van der Waals surface area (Å²) in [6.45, 7) is 1.09. The zero-order chi connectivity index (χ0) is 79.8. The van der Waals surface area contributed by atoms with Crippen LogP contribution in [0.1, 0.15) is 32.7 Å². The van der Waals surface area contributed by atoms with E-state index in [0.29, 0.717) is 58.4 Å². The molecular formula is C82H72F6N14O7S4. The molecule has 1 aliphatic rings. The number of hydrogen-bond donors (Lipinski definition) is 2. The highest BCUT2D eigenvalue weighted by Crippen LogP contribution is 2.35. The number of amides is 1. The second-order valence-electron chi connectivity index (χ2n) is 26.5. The number of rotatable bonds is 19. The normalized spacial score (nSPS) is 12.7. The van der Waals surface area contributed by atoms with Gasteiger partial charge in [-0.2, -0.15) is 20.4 Å². The predicted molar refractivity (Wildman–Crippen MR) is 425 cm³/mol. The molecule has 0 radical (unpaired) electrons.